The van der Waals surface area contributed by atoms with E-state index in [-0.39, 0.29) is 23.9 Å². The number of thioether (sulfide) groups is 1. The van der Waals surface area contributed by atoms with E-state index in [0.29, 0.717) is 5.75 Å². The van der Waals surface area contributed by atoms with Gasteiger partial charge in [-0.3, -0.25) is 9.59 Å². The third-order valence-corrected chi connectivity index (χ3v) is 4.52. The highest BCUT2D eigenvalue weighted by Gasteiger charge is 2.27. The Morgan fingerprint density at radius 1 is 1.40 bits per heavy atom. The van der Waals surface area contributed by atoms with Gasteiger partial charge in [-0.25, -0.2) is 0 Å². The first-order valence-corrected chi connectivity index (χ1v) is 7.75. The van der Waals surface area contributed by atoms with Crippen molar-refractivity contribution in [1.29, 1.82) is 0 Å². The first kappa shape index (κ1) is 14.9. The van der Waals surface area contributed by atoms with Crippen molar-refractivity contribution in [2.24, 2.45) is 0 Å². The van der Waals surface area contributed by atoms with Gasteiger partial charge in [0, 0.05) is 10.4 Å². The van der Waals surface area contributed by atoms with Crippen LogP contribution in [0.3, 0.4) is 0 Å². The number of carbonyl (C=O) groups excluding carboxylic acids is 2. The molecule has 0 bridgehead atoms. The minimum atomic E-state index is -0.246. The number of hydrogen-bond acceptors (Lipinski definition) is 3. The molecule has 1 heterocycles. The number of anilines is 1. The van der Waals surface area contributed by atoms with Crippen molar-refractivity contribution < 1.29 is 9.59 Å². The standard InChI is InChI=1S/C15H20N2O2S/c1-4-15(2,3)16-13(18)9-17-11-7-5-6-8-12(11)20-10-14(17)19/h5-8H,4,9-10H2,1-3H3,(H,16,18). The molecule has 108 valence electrons. The molecule has 0 saturated carbocycles. The van der Waals surface area contributed by atoms with E-state index in [1.165, 1.54) is 11.8 Å². The molecule has 2 amide bonds. The SMILES string of the molecule is CCC(C)(C)NC(=O)CN1C(=O)CSc2ccccc21. The average molecular weight is 292 g/mol. The zero-order valence-corrected chi connectivity index (χ0v) is 12.9. The van der Waals surface area contributed by atoms with Crippen molar-refractivity contribution in [3.63, 3.8) is 0 Å². The molecule has 0 fully saturated rings. The van der Waals surface area contributed by atoms with Crippen molar-refractivity contribution in [3.8, 4) is 0 Å². The van der Waals surface area contributed by atoms with E-state index in [4.69, 9.17) is 0 Å². The quantitative estimate of drug-likeness (QED) is 0.927. The monoisotopic (exact) mass is 292 g/mol. The highest BCUT2D eigenvalue weighted by atomic mass is 32.2. The lowest BCUT2D eigenvalue weighted by Gasteiger charge is -2.30. The van der Waals surface area contributed by atoms with Crippen LogP contribution in [0.15, 0.2) is 29.2 Å². The fourth-order valence-electron chi connectivity index (χ4n) is 1.98. The van der Waals surface area contributed by atoms with Crippen LogP contribution in [0.4, 0.5) is 5.69 Å². The summed E-state index contributed by atoms with van der Waals surface area (Å²) in [5, 5.41) is 2.96. The third kappa shape index (κ3) is 3.33. The van der Waals surface area contributed by atoms with Crippen LogP contribution in [0.25, 0.3) is 0 Å². The van der Waals surface area contributed by atoms with Gasteiger partial charge in [0.15, 0.2) is 0 Å². The number of benzene rings is 1. The fraction of sp³-hybridized carbons (Fsp3) is 0.467. The van der Waals surface area contributed by atoms with E-state index in [9.17, 15) is 9.59 Å². The number of amides is 2. The summed E-state index contributed by atoms with van der Waals surface area (Å²) in [4.78, 5) is 26.8. The summed E-state index contributed by atoms with van der Waals surface area (Å²) in [5.74, 6) is 0.256. The second kappa shape index (κ2) is 5.87. The Bertz CT molecular complexity index is 528. The van der Waals surface area contributed by atoms with Gasteiger partial charge in [0.2, 0.25) is 11.8 Å². The highest BCUT2D eigenvalue weighted by molar-refractivity contribution is 8.00. The van der Waals surface area contributed by atoms with Crippen LogP contribution >= 0.6 is 11.8 Å². The van der Waals surface area contributed by atoms with Crippen LogP contribution in [0, 0.1) is 0 Å². The lowest BCUT2D eigenvalue weighted by atomic mass is 10.0. The molecule has 1 aliphatic heterocycles. The van der Waals surface area contributed by atoms with E-state index in [2.05, 4.69) is 5.32 Å². The number of nitrogens with one attached hydrogen (secondary N) is 1. The minimum absolute atomic E-state index is 0.0156. The minimum Gasteiger partial charge on any atom is -0.350 e. The van der Waals surface area contributed by atoms with E-state index < -0.39 is 0 Å². The number of rotatable bonds is 4. The first-order valence-electron chi connectivity index (χ1n) is 6.76. The fourth-order valence-corrected chi connectivity index (χ4v) is 2.91. The van der Waals surface area contributed by atoms with Gasteiger partial charge in [-0.1, -0.05) is 19.1 Å². The number of hydrogen-bond donors (Lipinski definition) is 1. The number of fused-ring (bicyclic) bond motifs is 1. The predicted molar refractivity (Wildman–Crippen MR) is 82.0 cm³/mol. The molecule has 0 spiro atoms. The van der Waals surface area contributed by atoms with Gasteiger partial charge in [-0.2, -0.15) is 0 Å². The first-order chi connectivity index (χ1) is 9.43. The molecule has 0 saturated heterocycles. The van der Waals surface area contributed by atoms with Crippen LogP contribution in [0.2, 0.25) is 0 Å². The molecule has 0 radical (unpaired) electrons. The maximum absolute atomic E-state index is 12.1. The molecule has 1 aromatic carbocycles. The Morgan fingerprint density at radius 2 is 2.10 bits per heavy atom. The maximum atomic E-state index is 12.1. The van der Waals surface area contributed by atoms with Crippen molar-refractivity contribution in [1.82, 2.24) is 5.32 Å². The summed E-state index contributed by atoms with van der Waals surface area (Å²) in [7, 11) is 0. The van der Waals surface area contributed by atoms with Gasteiger partial charge < -0.3 is 10.2 Å². The smallest absolute Gasteiger partial charge is 0.240 e. The van der Waals surface area contributed by atoms with Gasteiger partial charge in [0.05, 0.1) is 11.4 Å². The van der Waals surface area contributed by atoms with Gasteiger partial charge in [-0.05, 0) is 32.4 Å². The number of carbonyl (C=O) groups is 2. The molecule has 20 heavy (non-hydrogen) atoms. The van der Waals surface area contributed by atoms with Crippen molar-refractivity contribution in [3.05, 3.63) is 24.3 Å². The molecule has 1 aliphatic rings. The molecule has 5 heteroatoms. The van der Waals surface area contributed by atoms with Gasteiger partial charge in [0.1, 0.15) is 6.54 Å². The predicted octanol–water partition coefficient (Wildman–Crippen LogP) is 2.43. The van der Waals surface area contributed by atoms with E-state index in [1.807, 2.05) is 45.0 Å². The summed E-state index contributed by atoms with van der Waals surface area (Å²) >= 11 is 1.52. The molecule has 1 aromatic rings. The summed E-state index contributed by atoms with van der Waals surface area (Å²) in [6.07, 6.45) is 0.846. The van der Waals surface area contributed by atoms with Crippen molar-refractivity contribution in [2.75, 3.05) is 17.2 Å². The Hall–Kier alpha value is -1.49. The number of nitrogens with zero attached hydrogens (tertiary/aromatic N) is 1. The lowest BCUT2D eigenvalue weighted by molar-refractivity contribution is -0.124. The largest absolute Gasteiger partial charge is 0.350 e. The van der Waals surface area contributed by atoms with Crippen LogP contribution in [-0.2, 0) is 9.59 Å². The Labute approximate surface area is 123 Å². The molecule has 4 nitrogen and oxygen atoms in total. The summed E-state index contributed by atoms with van der Waals surface area (Å²) in [6, 6.07) is 7.70. The van der Waals surface area contributed by atoms with E-state index in [0.717, 1.165) is 17.0 Å². The Morgan fingerprint density at radius 3 is 2.80 bits per heavy atom. The molecule has 0 unspecified atom stereocenters. The second-order valence-electron chi connectivity index (χ2n) is 5.52. The van der Waals surface area contributed by atoms with Crippen LogP contribution < -0.4 is 10.2 Å². The molecule has 0 aliphatic carbocycles. The van der Waals surface area contributed by atoms with Gasteiger partial charge >= 0.3 is 0 Å². The Kier molecular flexibility index (Phi) is 4.38. The average Bonchev–Trinajstić information content (AvgIpc) is 2.41. The van der Waals surface area contributed by atoms with Crippen molar-refractivity contribution >= 4 is 29.3 Å². The zero-order chi connectivity index (χ0) is 14.8. The van der Waals surface area contributed by atoms with E-state index in [1.54, 1.807) is 4.90 Å². The second-order valence-corrected chi connectivity index (χ2v) is 6.54. The van der Waals surface area contributed by atoms with Gasteiger partial charge in [0.25, 0.3) is 0 Å². The van der Waals surface area contributed by atoms with Gasteiger partial charge in [-0.15, -0.1) is 11.8 Å². The topological polar surface area (TPSA) is 49.4 Å². The summed E-state index contributed by atoms with van der Waals surface area (Å²) < 4.78 is 0. The zero-order valence-electron chi connectivity index (χ0n) is 12.1. The molecular formula is C15H20N2O2S. The normalized spacial score (nSPS) is 14.9. The molecule has 0 aromatic heterocycles. The lowest BCUT2D eigenvalue weighted by Crippen LogP contribution is -2.49. The number of para-hydroxylation sites is 1. The molecular weight excluding hydrogens is 272 g/mol. The summed E-state index contributed by atoms with van der Waals surface area (Å²) in [5.41, 5.74) is 0.586. The highest BCUT2D eigenvalue weighted by Crippen LogP contribution is 2.34. The molecule has 1 N–H and O–H groups in total. The Balaban J connectivity index is 2.13. The van der Waals surface area contributed by atoms with Crippen LogP contribution in [0.1, 0.15) is 27.2 Å². The van der Waals surface area contributed by atoms with Crippen LogP contribution in [0.5, 0.6) is 0 Å². The maximum Gasteiger partial charge on any atom is 0.240 e. The molecule has 2 rings (SSSR count). The third-order valence-electron chi connectivity index (χ3n) is 3.47. The van der Waals surface area contributed by atoms with E-state index >= 15 is 0 Å². The molecule has 0 atom stereocenters. The van der Waals surface area contributed by atoms with Crippen LogP contribution in [-0.4, -0.2) is 29.7 Å². The summed E-state index contributed by atoms with van der Waals surface area (Å²) in [6.45, 7) is 6.07. The van der Waals surface area contributed by atoms with Crippen molar-refractivity contribution in [2.45, 2.75) is 37.6 Å².